The Morgan fingerprint density at radius 2 is 2.08 bits per heavy atom. The van der Waals surface area contributed by atoms with Gasteiger partial charge in [0.1, 0.15) is 11.5 Å². The number of para-hydroxylation sites is 2. The van der Waals surface area contributed by atoms with Gasteiger partial charge < -0.3 is 19.0 Å². The van der Waals surface area contributed by atoms with Gasteiger partial charge in [-0.15, -0.1) is 10.2 Å². The summed E-state index contributed by atoms with van der Waals surface area (Å²) >= 11 is 1.34. The van der Waals surface area contributed by atoms with Gasteiger partial charge in [-0.2, -0.15) is 0 Å². The van der Waals surface area contributed by atoms with Crippen molar-refractivity contribution in [2.75, 3.05) is 12.4 Å². The van der Waals surface area contributed by atoms with Crippen LogP contribution in [0.3, 0.4) is 0 Å². The fourth-order valence-electron chi connectivity index (χ4n) is 2.46. The van der Waals surface area contributed by atoms with Crippen LogP contribution < -0.4 is 10.1 Å². The molecule has 1 aromatic carbocycles. The highest BCUT2D eigenvalue weighted by Crippen LogP contribution is 2.29. The van der Waals surface area contributed by atoms with Crippen LogP contribution in [0.1, 0.15) is 12.7 Å². The van der Waals surface area contributed by atoms with Crippen LogP contribution in [-0.2, 0) is 11.8 Å². The Labute approximate surface area is 155 Å². The number of hydrogen-bond donors (Lipinski definition) is 1. The smallest absolute Gasteiger partial charge is 0.237 e. The summed E-state index contributed by atoms with van der Waals surface area (Å²) in [6.45, 7) is 3.70. The van der Waals surface area contributed by atoms with Crippen molar-refractivity contribution in [3.05, 3.63) is 42.4 Å². The van der Waals surface area contributed by atoms with Crippen LogP contribution in [0.15, 0.2) is 46.2 Å². The molecule has 3 rings (SSSR count). The summed E-state index contributed by atoms with van der Waals surface area (Å²) in [6, 6.07) is 9.15. The molecule has 3 aromatic rings. The Hall–Kier alpha value is -2.74. The van der Waals surface area contributed by atoms with Gasteiger partial charge in [-0.1, -0.05) is 23.9 Å². The Morgan fingerprint density at radius 1 is 1.31 bits per heavy atom. The maximum atomic E-state index is 12.5. The third-order valence-electron chi connectivity index (χ3n) is 3.95. The molecule has 0 aliphatic carbocycles. The van der Waals surface area contributed by atoms with E-state index in [0.29, 0.717) is 22.4 Å². The summed E-state index contributed by atoms with van der Waals surface area (Å²) in [5, 5.41) is 11.6. The number of furan rings is 1. The van der Waals surface area contributed by atoms with Gasteiger partial charge in [-0.3, -0.25) is 4.79 Å². The number of aromatic nitrogens is 3. The minimum Gasteiger partial charge on any atom is -0.495 e. The standard InChI is InChI=1S/C18H20N4O3S/c1-11-13(9-10-25-11)16-20-21-18(22(16)3)26-12(2)17(23)19-14-7-5-6-8-15(14)24-4/h5-10,12H,1-4H3,(H,19,23)/t12-/m1/s1. The van der Waals surface area contributed by atoms with Crippen molar-refractivity contribution < 1.29 is 13.9 Å². The third kappa shape index (κ3) is 3.60. The zero-order chi connectivity index (χ0) is 18.7. The molecule has 26 heavy (non-hydrogen) atoms. The quantitative estimate of drug-likeness (QED) is 0.667. The van der Waals surface area contributed by atoms with E-state index in [-0.39, 0.29) is 11.2 Å². The number of amides is 1. The third-order valence-corrected chi connectivity index (χ3v) is 5.08. The number of benzene rings is 1. The second-order valence-electron chi connectivity index (χ2n) is 5.71. The molecule has 0 aliphatic rings. The van der Waals surface area contributed by atoms with Crippen molar-refractivity contribution in [3.63, 3.8) is 0 Å². The molecule has 0 unspecified atom stereocenters. The fraction of sp³-hybridized carbons (Fsp3) is 0.278. The molecular formula is C18H20N4O3S. The number of nitrogens with zero attached hydrogens (tertiary/aromatic N) is 3. The number of carbonyl (C=O) groups is 1. The number of thioether (sulfide) groups is 1. The summed E-state index contributed by atoms with van der Waals surface area (Å²) in [7, 11) is 3.44. The van der Waals surface area contributed by atoms with Crippen molar-refractivity contribution in [2.24, 2.45) is 7.05 Å². The van der Waals surface area contributed by atoms with E-state index >= 15 is 0 Å². The molecular weight excluding hydrogens is 352 g/mol. The van der Waals surface area contributed by atoms with Gasteiger partial charge in [0.2, 0.25) is 5.91 Å². The predicted octanol–water partition coefficient (Wildman–Crippen LogP) is 3.51. The van der Waals surface area contributed by atoms with Gasteiger partial charge in [0.15, 0.2) is 11.0 Å². The molecule has 0 radical (unpaired) electrons. The van der Waals surface area contributed by atoms with Crippen molar-refractivity contribution in [3.8, 4) is 17.1 Å². The summed E-state index contributed by atoms with van der Waals surface area (Å²) in [6.07, 6.45) is 1.62. The normalized spacial score (nSPS) is 12.0. The van der Waals surface area contributed by atoms with E-state index in [2.05, 4.69) is 15.5 Å². The van der Waals surface area contributed by atoms with Crippen molar-refractivity contribution in [2.45, 2.75) is 24.3 Å². The summed E-state index contributed by atoms with van der Waals surface area (Å²) in [5.74, 6) is 1.97. The molecule has 1 N–H and O–H groups in total. The van der Waals surface area contributed by atoms with Crippen LogP contribution >= 0.6 is 11.8 Å². The first kappa shape index (κ1) is 18.1. The lowest BCUT2D eigenvalue weighted by Crippen LogP contribution is -2.23. The summed E-state index contributed by atoms with van der Waals surface area (Å²) in [4.78, 5) is 12.5. The number of carbonyl (C=O) groups excluding carboxylic acids is 1. The van der Waals surface area contributed by atoms with Gasteiger partial charge in [0, 0.05) is 7.05 Å². The first-order valence-corrected chi connectivity index (χ1v) is 8.93. The van der Waals surface area contributed by atoms with Crippen LogP contribution in [0.5, 0.6) is 5.75 Å². The average molecular weight is 372 g/mol. The number of aryl methyl sites for hydroxylation is 1. The fourth-order valence-corrected chi connectivity index (χ4v) is 3.28. The molecule has 8 heteroatoms. The molecule has 1 atom stereocenters. The number of nitrogens with one attached hydrogen (secondary N) is 1. The minimum absolute atomic E-state index is 0.136. The zero-order valence-electron chi connectivity index (χ0n) is 15.0. The van der Waals surface area contributed by atoms with E-state index in [0.717, 1.165) is 11.3 Å². The Balaban J connectivity index is 1.72. The average Bonchev–Trinajstić information content (AvgIpc) is 3.21. The Morgan fingerprint density at radius 3 is 2.77 bits per heavy atom. The molecule has 0 spiro atoms. The van der Waals surface area contributed by atoms with E-state index in [1.165, 1.54) is 11.8 Å². The van der Waals surface area contributed by atoms with E-state index in [9.17, 15) is 4.79 Å². The number of ether oxygens (including phenoxy) is 1. The molecule has 2 aromatic heterocycles. The topological polar surface area (TPSA) is 82.2 Å². The molecule has 0 bridgehead atoms. The highest BCUT2D eigenvalue weighted by Gasteiger charge is 2.21. The van der Waals surface area contributed by atoms with Crippen LogP contribution in [0.25, 0.3) is 11.4 Å². The van der Waals surface area contributed by atoms with Crippen LogP contribution in [-0.4, -0.2) is 33.0 Å². The molecule has 2 heterocycles. The summed E-state index contributed by atoms with van der Waals surface area (Å²) < 4.78 is 12.4. The molecule has 0 fully saturated rings. The maximum Gasteiger partial charge on any atom is 0.237 e. The minimum atomic E-state index is -0.360. The highest BCUT2D eigenvalue weighted by molar-refractivity contribution is 8.00. The first-order chi connectivity index (χ1) is 12.5. The van der Waals surface area contributed by atoms with Crippen molar-refractivity contribution in [1.82, 2.24) is 14.8 Å². The lowest BCUT2D eigenvalue weighted by Gasteiger charge is -2.13. The van der Waals surface area contributed by atoms with Gasteiger partial charge in [0.25, 0.3) is 0 Å². The van der Waals surface area contributed by atoms with Crippen molar-refractivity contribution >= 4 is 23.4 Å². The van der Waals surface area contributed by atoms with Crippen LogP contribution in [0, 0.1) is 6.92 Å². The number of rotatable bonds is 6. The number of hydrogen-bond acceptors (Lipinski definition) is 6. The van der Waals surface area contributed by atoms with E-state index < -0.39 is 0 Å². The Bertz CT molecular complexity index is 919. The van der Waals surface area contributed by atoms with Crippen molar-refractivity contribution in [1.29, 1.82) is 0 Å². The Kier molecular flexibility index (Phi) is 5.32. The predicted molar refractivity (Wildman–Crippen MR) is 100 cm³/mol. The van der Waals surface area contributed by atoms with Crippen LogP contribution in [0.2, 0.25) is 0 Å². The molecule has 0 saturated carbocycles. The molecule has 7 nitrogen and oxygen atoms in total. The lowest BCUT2D eigenvalue weighted by molar-refractivity contribution is -0.115. The molecule has 0 saturated heterocycles. The lowest BCUT2D eigenvalue weighted by atomic mass is 10.2. The molecule has 0 aliphatic heterocycles. The SMILES string of the molecule is COc1ccccc1NC(=O)[C@@H](C)Sc1nnc(-c2ccoc2C)n1C. The van der Waals surface area contributed by atoms with Gasteiger partial charge in [0.05, 0.1) is 29.9 Å². The largest absolute Gasteiger partial charge is 0.495 e. The number of anilines is 1. The van der Waals surface area contributed by atoms with Crippen LogP contribution in [0.4, 0.5) is 5.69 Å². The molecule has 1 amide bonds. The second kappa shape index (κ2) is 7.65. The highest BCUT2D eigenvalue weighted by atomic mass is 32.2. The monoisotopic (exact) mass is 372 g/mol. The second-order valence-corrected chi connectivity index (χ2v) is 7.01. The van der Waals surface area contributed by atoms with E-state index in [1.807, 2.05) is 43.7 Å². The van der Waals surface area contributed by atoms with E-state index in [1.54, 1.807) is 25.5 Å². The first-order valence-electron chi connectivity index (χ1n) is 8.05. The van der Waals surface area contributed by atoms with Gasteiger partial charge >= 0.3 is 0 Å². The summed E-state index contributed by atoms with van der Waals surface area (Å²) in [5.41, 5.74) is 1.53. The zero-order valence-corrected chi connectivity index (χ0v) is 15.8. The number of methoxy groups -OCH3 is 1. The van der Waals surface area contributed by atoms with Gasteiger partial charge in [-0.25, -0.2) is 0 Å². The van der Waals surface area contributed by atoms with Gasteiger partial charge in [-0.05, 0) is 32.0 Å². The van der Waals surface area contributed by atoms with E-state index in [4.69, 9.17) is 9.15 Å². The molecule has 136 valence electrons. The maximum absolute atomic E-state index is 12.5.